The summed E-state index contributed by atoms with van der Waals surface area (Å²) in [7, 11) is 0. The second-order valence-corrected chi connectivity index (χ2v) is 6.31. The highest BCUT2D eigenvalue weighted by Gasteiger charge is 2.59. The number of fused-ring (bicyclic) bond motifs is 5. The number of carbonyl (C=O) groups is 2. The molecule has 4 atom stereocenters. The minimum atomic E-state index is -0.622. The van der Waals surface area contributed by atoms with Crippen LogP contribution in [-0.2, 0) is 9.59 Å². The van der Waals surface area contributed by atoms with Crippen molar-refractivity contribution in [3.05, 3.63) is 45.5 Å². The van der Waals surface area contributed by atoms with E-state index in [1.807, 2.05) is 12.2 Å². The first-order valence-electron chi connectivity index (χ1n) is 6.99. The van der Waals surface area contributed by atoms with Crippen molar-refractivity contribution in [3.8, 4) is 0 Å². The van der Waals surface area contributed by atoms with Crippen molar-refractivity contribution in [2.45, 2.75) is 6.42 Å². The number of rotatable bonds is 2. The molecule has 22 heavy (non-hydrogen) atoms. The Morgan fingerprint density at radius 3 is 2.27 bits per heavy atom. The average Bonchev–Trinajstić information content (AvgIpc) is 3.14. The number of nitro groups is 1. The topological polar surface area (TPSA) is 80.5 Å². The maximum Gasteiger partial charge on any atom is 0.289 e. The molecule has 2 fully saturated rings. The van der Waals surface area contributed by atoms with Gasteiger partial charge in [0.2, 0.25) is 11.8 Å². The van der Waals surface area contributed by atoms with Crippen molar-refractivity contribution < 1.29 is 14.5 Å². The molecule has 1 aliphatic heterocycles. The fourth-order valence-corrected chi connectivity index (χ4v) is 4.12. The third-order valence-corrected chi connectivity index (χ3v) is 5.17. The van der Waals surface area contributed by atoms with Gasteiger partial charge in [0, 0.05) is 6.07 Å². The predicted octanol–water partition coefficient (Wildman–Crippen LogP) is 2.56. The molecule has 7 heteroatoms. The molecule has 0 radical (unpaired) electrons. The van der Waals surface area contributed by atoms with Crippen LogP contribution in [0.5, 0.6) is 0 Å². The van der Waals surface area contributed by atoms with E-state index in [2.05, 4.69) is 0 Å². The summed E-state index contributed by atoms with van der Waals surface area (Å²) in [5.41, 5.74) is -0.0853. The Kier molecular flexibility index (Phi) is 2.69. The maximum absolute atomic E-state index is 12.6. The van der Waals surface area contributed by atoms with E-state index in [1.165, 1.54) is 18.2 Å². The quantitative estimate of drug-likeness (QED) is 0.363. The number of anilines is 1. The number of nitrogens with zero attached hydrogens (tertiary/aromatic N) is 2. The summed E-state index contributed by atoms with van der Waals surface area (Å²) in [6.07, 6.45) is 4.86. The molecular weight excluding hydrogens is 308 g/mol. The predicted molar refractivity (Wildman–Crippen MR) is 78.3 cm³/mol. The SMILES string of the molecule is O=C1[C@@H]2[C@@H](C(=O)N1c1ccc(Cl)c([N+](=O)[O-])c1)[C@H]1C=C[C@H]2C1. The average molecular weight is 319 g/mol. The third-order valence-electron chi connectivity index (χ3n) is 4.85. The second kappa shape index (κ2) is 4.39. The van der Waals surface area contributed by atoms with E-state index in [0.29, 0.717) is 0 Å². The van der Waals surface area contributed by atoms with Gasteiger partial charge in [0.15, 0.2) is 0 Å². The summed E-state index contributed by atoms with van der Waals surface area (Å²) >= 11 is 5.78. The van der Waals surface area contributed by atoms with Crippen LogP contribution in [0.2, 0.25) is 5.02 Å². The molecule has 1 saturated heterocycles. The van der Waals surface area contributed by atoms with Gasteiger partial charge in [0.25, 0.3) is 5.69 Å². The van der Waals surface area contributed by atoms with Crippen LogP contribution in [-0.4, -0.2) is 16.7 Å². The number of nitro benzene ring substituents is 1. The van der Waals surface area contributed by atoms with E-state index >= 15 is 0 Å². The van der Waals surface area contributed by atoms with Gasteiger partial charge in [0.05, 0.1) is 22.4 Å². The lowest BCUT2D eigenvalue weighted by molar-refractivity contribution is -0.384. The van der Waals surface area contributed by atoms with Crippen molar-refractivity contribution in [1.29, 1.82) is 0 Å². The lowest BCUT2D eigenvalue weighted by Gasteiger charge is -2.17. The Bertz CT molecular complexity index is 730. The van der Waals surface area contributed by atoms with Gasteiger partial charge in [0.1, 0.15) is 5.02 Å². The van der Waals surface area contributed by atoms with Gasteiger partial charge >= 0.3 is 0 Å². The van der Waals surface area contributed by atoms with Crippen LogP contribution >= 0.6 is 11.6 Å². The second-order valence-electron chi connectivity index (χ2n) is 5.90. The van der Waals surface area contributed by atoms with Gasteiger partial charge < -0.3 is 0 Å². The van der Waals surface area contributed by atoms with Crippen LogP contribution in [0, 0.1) is 33.8 Å². The number of hydrogen-bond acceptors (Lipinski definition) is 4. The van der Waals surface area contributed by atoms with Crippen molar-refractivity contribution >= 4 is 34.8 Å². The molecule has 6 nitrogen and oxygen atoms in total. The molecule has 112 valence electrons. The van der Waals surface area contributed by atoms with Crippen LogP contribution in [0.1, 0.15) is 6.42 Å². The van der Waals surface area contributed by atoms with Crippen molar-refractivity contribution in [2.75, 3.05) is 4.90 Å². The molecule has 4 rings (SSSR count). The molecule has 0 N–H and O–H groups in total. The van der Waals surface area contributed by atoms with Crippen LogP contribution < -0.4 is 4.90 Å². The Balaban J connectivity index is 1.76. The molecule has 1 saturated carbocycles. The van der Waals surface area contributed by atoms with Crippen LogP contribution in [0.25, 0.3) is 0 Å². The minimum absolute atomic E-state index is 0.0187. The fraction of sp³-hybridized carbons (Fsp3) is 0.333. The number of benzene rings is 1. The largest absolute Gasteiger partial charge is 0.289 e. The number of halogens is 1. The number of amides is 2. The Morgan fingerprint density at radius 1 is 1.14 bits per heavy atom. The fourth-order valence-electron chi connectivity index (χ4n) is 3.94. The van der Waals surface area contributed by atoms with E-state index in [4.69, 9.17) is 11.6 Å². The van der Waals surface area contributed by atoms with Gasteiger partial charge in [-0.2, -0.15) is 0 Å². The maximum atomic E-state index is 12.6. The summed E-state index contributed by atoms with van der Waals surface area (Å²) in [6.45, 7) is 0. The summed E-state index contributed by atoms with van der Waals surface area (Å²) in [5.74, 6) is -0.945. The molecule has 0 spiro atoms. The van der Waals surface area contributed by atoms with E-state index in [0.717, 1.165) is 11.3 Å². The number of imide groups is 1. The van der Waals surface area contributed by atoms with E-state index in [-0.39, 0.29) is 51.9 Å². The summed E-state index contributed by atoms with van der Waals surface area (Å²) in [5, 5.41) is 11.0. The highest BCUT2D eigenvalue weighted by atomic mass is 35.5. The van der Waals surface area contributed by atoms with E-state index in [9.17, 15) is 19.7 Å². The van der Waals surface area contributed by atoms with E-state index < -0.39 is 4.92 Å². The molecule has 1 aromatic rings. The Labute approximate surface area is 130 Å². The summed E-state index contributed by atoms with van der Waals surface area (Å²) in [6, 6.07) is 4.01. The molecule has 2 aliphatic carbocycles. The zero-order valence-corrected chi connectivity index (χ0v) is 12.1. The van der Waals surface area contributed by atoms with Crippen molar-refractivity contribution in [3.63, 3.8) is 0 Å². The lowest BCUT2D eigenvalue weighted by Crippen LogP contribution is -2.32. The number of allylic oxidation sites excluding steroid dienone is 2. The third kappa shape index (κ3) is 1.61. The van der Waals surface area contributed by atoms with Crippen LogP contribution in [0.15, 0.2) is 30.4 Å². The summed E-state index contributed by atoms with van der Waals surface area (Å²) < 4.78 is 0. The molecule has 3 aliphatic rings. The van der Waals surface area contributed by atoms with Crippen LogP contribution in [0.3, 0.4) is 0 Å². The zero-order valence-electron chi connectivity index (χ0n) is 11.3. The molecular formula is C15H11ClN2O4. The number of carbonyl (C=O) groups excluding carboxylic acids is 2. The van der Waals surface area contributed by atoms with Gasteiger partial charge in [-0.3, -0.25) is 19.7 Å². The highest BCUT2D eigenvalue weighted by Crippen LogP contribution is 2.53. The highest BCUT2D eigenvalue weighted by molar-refractivity contribution is 6.33. The van der Waals surface area contributed by atoms with E-state index in [1.54, 1.807) is 0 Å². The monoisotopic (exact) mass is 318 g/mol. The van der Waals surface area contributed by atoms with Gasteiger partial charge in [-0.05, 0) is 30.4 Å². The first-order chi connectivity index (χ1) is 10.5. The Morgan fingerprint density at radius 2 is 1.73 bits per heavy atom. The van der Waals surface area contributed by atoms with Crippen LogP contribution in [0.4, 0.5) is 11.4 Å². The Hall–Kier alpha value is -2.21. The molecule has 0 aromatic heterocycles. The molecule has 1 heterocycles. The smallest absolute Gasteiger partial charge is 0.274 e. The molecule has 2 amide bonds. The van der Waals surface area contributed by atoms with Gasteiger partial charge in [-0.1, -0.05) is 23.8 Å². The minimum Gasteiger partial charge on any atom is -0.274 e. The standard InChI is InChI=1S/C15H11ClN2O4/c16-10-4-3-9(6-11(10)18(21)22)17-14(19)12-7-1-2-8(5-7)13(12)15(17)20/h1-4,6-8,12-13H,5H2/t7-,8-,12-,13-/m0/s1. The molecule has 0 unspecified atom stereocenters. The molecule has 2 bridgehead atoms. The van der Waals surface area contributed by atoms with Gasteiger partial charge in [-0.15, -0.1) is 0 Å². The molecule has 1 aromatic carbocycles. The van der Waals surface area contributed by atoms with Crippen molar-refractivity contribution in [2.24, 2.45) is 23.7 Å². The first kappa shape index (κ1) is 13.5. The summed E-state index contributed by atoms with van der Waals surface area (Å²) in [4.78, 5) is 36.7. The van der Waals surface area contributed by atoms with Crippen molar-refractivity contribution in [1.82, 2.24) is 0 Å². The number of hydrogen-bond donors (Lipinski definition) is 0. The zero-order chi connectivity index (χ0) is 15.6. The normalized spacial score (nSPS) is 32.0. The van der Waals surface area contributed by atoms with Gasteiger partial charge in [-0.25, -0.2) is 4.90 Å². The first-order valence-corrected chi connectivity index (χ1v) is 7.37. The lowest BCUT2D eigenvalue weighted by atomic mass is 9.85.